The van der Waals surface area contributed by atoms with Gasteiger partial charge in [-0.25, -0.2) is 23.3 Å². The number of sulfonamides is 1. The number of aromatic amines is 1. The Morgan fingerprint density at radius 2 is 1.77 bits per heavy atom. The van der Waals surface area contributed by atoms with E-state index in [9.17, 15) is 18.3 Å². The number of carbonyl (C=O) groups is 1. The van der Waals surface area contributed by atoms with E-state index in [1.165, 1.54) is 12.1 Å². The lowest BCUT2D eigenvalue weighted by Gasteiger charge is -2.09. The molecule has 0 spiro atoms. The molecule has 0 radical (unpaired) electrons. The Bertz CT molecular complexity index is 1390. The Morgan fingerprint density at radius 3 is 2.42 bits per heavy atom. The molecule has 0 bridgehead atoms. The normalized spacial score (nSPS) is 12.1. The Morgan fingerprint density at radius 1 is 1.06 bits per heavy atom. The third kappa shape index (κ3) is 4.32. The van der Waals surface area contributed by atoms with Crippen LogP contribution in [0.3, 0.4) is 0 Å². The van der Waals surface area contributed by atoms with Crippen molar-refractivity contribution in [3.8, 4) is 0 Å². The summed E-state index contributed by atoms with van der Waals surface area (Å²) in [6, 6.07) is 16.6. The molecule has 0 atom stereocenters. The fourth-order valence-electron chi connectivity index (χ4n) is 3.22. The number of pyridine rings is 1. The Labute approximate surface area is 178 Å². The number of fused-ring (bicyclic) bond motifs is 1. The molecule has 31 heavy (non-hydrogen) atoms. The third-order valence-corrected chi connectivity index (χ3v) is 5.61. The van der Waals surface area contributed by atoms with E-state index in [0.29, 0.717) is 33.5 Å². The molecular weight excluding hydrogens is 416 g/mol. The molecule has 5 N–H and O–H groups in total. The van der Waals surface area contributed by atoms with E-state index in [1.807, 2.05) is 6.07 Å². The standard InChI is InChI=1S/C22H18N4O4S/c23-31(29,30)17-8-6-16(7-9-17)26-19-10-11-24-21-20(19)15(13-25-21)12-18(22(27)28)14-4-2-1-3-5-14/h1-13H,(H,27,28)(H2,23,29,30)(H2,24,25,26)/b18-12+. The van der Waals surface area contributed by atoms with Crippen molar-refractivity contribution < 1.29 is 18.3 Å². The molecule has 0 unspecified atom stereocenters. The molecule has 2 heterocycles. The molecule has 9 heteroatoms. The molecule has 4 aromatic rings. The first-order chi connectivity index (χ1) is 14.8. The minimum atomic E-state index is -3.78. The van der Waals surface area contributed by atoms with Gasteiger partial charge in [0.2, 0.25) is 10.0 Å². The summed E-state index contributed by atoms with van der Waals surface area (Å²) >= 11 is 0. The highest BCUT2D eigenvalue weighted by molar-refractivity contribution is 7.89. The van der Waals surface area contributed by atoms with Crippen molar-refractivity contribution in [3.05, 3.63) is 84.2 Å². The molecule has 0 amide bonds. The van der Waals surface area contributed by atoms with Crippen molar-refractivity contribution in [1.29, 1.82) is 0 Å². The van der Waals surface area contributed by atoms with E-state index in [4.69, 9.17) is 5.14 Å². The highest BCUT2D eigenvalue weighted by Gasteiger charge is 2.14. The minimum Gasteiger partial charge on any atom is -0.478 e. The Hall–Kier alpha value is -3.95. The number of benzene rings is 2. The van der Waals surface area contributed by atoms with Crippen LogP contribution in [0.5, 0.6) is 0 Å². The molecule has 0 fully saturated rings. The lowest BCUT2D eigenvalue weighted by Crippen LogP contribution is -2.11. The van der Waals surface area contributed by atoms with Gasteiger partial charge >= 0.3 is 5.97 Å². The number of aromatic nitrogens is 2. The van der Waals surface area contributed by atoms with Gasteiger partial charge in [0, 0.05) is 29.0 Å². The van der Waals surface area contributed by atoms with Crippen LogP contribution in [-0.4, -0.2) is 29.5 Å². The number of nitrogens with two attached hydrogens (primary N) is 1. The van der Waals surface area contributed by atoms with Gasteiger partial charge in [-0.3, -0.25) is 0 Å². The predicted molar refractivity (Wildman–Crippen MR) is 119 cm³/mol. The second kappa shape index (κ2) is 8.05. The van der Waals surface area contributed by atoms with Crippen molar-refractivity contribution in [2.45, 2.75) is 4.90 Å². The smallest absolute Gasteiger partial charge is 0.336 e. The molecular formula is C22H18N4O4S. The summed E-state index contributed by atoms with van der Waals surface area (Å²) in [4.78, 5) is 19.3. The summed E-state index contributed by atoms with van der Waals surface area (Å²) in [5, 5.41) is 18.8. The average molecular weight is 434 g/mol. The number of hydrogen-bond acceptors (Lipinski definition) is 5. The van der Waals surface area contributed by atoms with E-state index >= 15 is 0 Å². The number of hydrogen-bond donors (Lipinski definition) is 4. The number of anilines is 2. The van der Waals surface area contributed by atoms with Crippen LogP contribution in [0.15, 0.2) is 78.0 Å². The van der Waals surface area contributed by atoms with Crippen LogP contribution in [0.25, 0.3) is 22.7 Å². The lowest BCUT2D eigenvalue weighted by molar-refractivity contribution is -0.130. The summed E-state index contributed by atoms with van der Waals surface area (Å²) in [5.74, 6) is -1.04. The number of aliphatic carboxylic acids is 1. The van der Waals surface area contributed by atoms with Gasteiger partial charge in [0.1, 0.15) is 5.65 Å². The highest BCUT2D eigenvalue weighted by Crippen LogP contribution is 2.31. The average Bonchev–Trinajstić information content (AvgIpc) is 3.16. The summed E-state index contributed by atoms with van der Waals surface area (Å²) in [6.07, 6.45) is 4.90. The molecule has 2 aromatic heterocycles. The molecule has 0 aliphatic heterocycles. The van der Waals surface area contributed by atoms with Gasteiger partial charge in [0.25, 0.3) is 0 Å². The molecule has 0 aliphatic carbocycles. The van der Waals surface area contributed by atoms with E-state index in [-0.39, 0.29) is 10.5 Å². The second-order valence-corrected chi connectivity index (χ2v) is 8.31. The highest BCUT2D eigenvalue weighted by atomic mass is 32.2. The van der Waals surface area contributed by atoms with Crippen molar-refractivity contribution in [3.63, 3.8) is 0 Å². The van der Waals surface area contributed by atoms with E-state index in [0.717, 1.165) is 0 Å². The number of carboxylic acid groups (broad SMARTS) is 1. The van der Waals surface area contributed by atoms with E-state index in [1.54, 1.807) is 60.9 Å². The summed E-state index contributed by atoms with van der Waals surface area (Å²) in [6.45, 7) is 0. The Balaban J connectivity index is 1.77. The van der Waals surface area contributed by atoms with Crippen molar-refractivity contribution in [1.82, 2.24) is 9.97 Å². The monoisotopic (exact) mass is 434 g/mol. The van der Waals surface area contributed by atoms with Gasteiger partial charge in [-0.2, -0.15) is 0 Å². The molecule has 8 nitrogen and oxygen atoms in total. The van der Waals surface area contributed by atoms with E-state index in [2.05, 4.69) is 15.3 Å². The van der Waals surface area contributed by atoms with Crippen LogP contribution in [0.4, 0.5) is 11.4 Å². The number of nitrogens with one attached hydrogen (secondary N) is 2. The first-order valence-corrected chi connectivity index (χ1v) is 10.7. The van der Waals surface area contributed by atoms with E-state index < -0.39 is 16.0 Å². The number of carboxylic acids is 1. The van der Waals surface area contributed by atoms with Crippen LogP contribution in [-0.2, 0) is 14.8 Å². The SMILES string of the molecule is NS(=O)(=O)c1ccc(Nc2ccnc3[nH]cc(/C=C(/C(=O)O)c4ccccc4)c23)cc1. The minimum absolute atomic E-state index is 0.0113. The summed E-state index contributed by atoms with van der Waals surface area (Å²) < 4.78 is 22.9. The largest absolute Gasteiger partial charge is 0.478 e. The van der Waals surface area contributed by atoms with Gasteiger partial charge in [0.05, 0.1) is 16.2 Å². The van der Waals surface area contributed by atoms with Crippen molar-refractivity contribution >= 4 is 50.0 Å². The number of primary sulfonamides is 1. The van der Waals surface area contributed by atoms with Gasteiger partial charge in [-0.15, -0.1) is 0 Å². The molecule has 2 aromatic carbocycles. The van der Waals surface area contributed by atoms with Crippen LogP contribution in [0, 0.1) is 0 Å². The lowest BCUT2D eigenvalue weighted by atomic mass is 10.0. The zero-order valence-electron chi connectivity index (χ0n) is 16.1. The number of H-pyrrole nitrogens is 1. The predicted octanol–water partition coefficient (Wildman–Crippen LogP) is 3.58. The number of rotatable bonds is 6. The molecule has 156 valence electrons. The first-order valence-electron chi connectivity index (χ1n) is 9.19. The maximum Gasteiger partial charge on any atom is 0.336 e. The van der Waals surface area contributed by atoms with Crippen LogP contribution in [0.2, 0.25) is 0 Å². The van der Waals surface area contributed by atoms with Crippen LogP contribution < -0.4 is 10.5 Å². The fraction of sp³-hybridized carbons (Fsp3) is 0. The zero-order valence-corrected chi connectivity index (χ0v) is 16.9. The maximum atomic E-state index is 11.9. The summed E-state index contributed by atoms with van der Waals surface area (Å²) in [5.41, 5.74) is 3.27. The molecule has 0 saturated heterocycles. The fourth-order valence-corrected chi connectivity index (χ4v) is 3.74. The van der Waals surface area contributed by atoms with Crippen LogP contribution >= 0.6 is 0 Å². The maximum absolute atomic E-state index is 11.9. The van der Waals surface area contributed by atoms with Gasteiger partial charge in [0.15, 0.2) is 0 Å². The zero-order chi connectivity index (χ0) is 22.0. The topological polar surface area (TPSA) is 138 Å². The van der Waals surface area contributed by atoms with Crippen LogP contribution in [0.1, 0.15) is 11.1 Å². The molecule has 4 rings (SSSR count). The Kier molecular flexibility index (Phi) is 5.28. The van der Waals surface area contributed by atoms with Crippen molar-refractivity contribution in [2.24, 2.45) is 5.14 Å². The number of nitrogens with zero attached hydrogens (tertiary/aromatic N) is 1. The molecule has 0 aliphatic rings. The quantitative estimate of drug-likeness (QED) is 0.342. The van der Waals surface area contributed by atoms with Gasteiger partial charge in [-0.05, 0) is 42.0 Å². The molecule has 0 saturated carbocycles. The van der Waals surface area contributed by atoms with Gasteiger partial charge in [-0.1, -0.05) is 30.3 Å². The van der Waals surface area contributed by atoms with Crippen molar-refractivity contribution in [2.75, 3.05) is 5.32 Å². The second-order valence-electron chi connectivity index (χ2n) is 6.75. The summed E-state index contributed by atoms with van der Waals surface area (Å²) in [7, 11) is -3.78. The first kappa shape index (κ1) is 20.3. The third-order valence-electron chi connectivity index (χ3n) is 4.68. The van der Waals surface area contributed by atoms with Gasteiger partial charge < -0.3 is 15.4 Å².